The average molecular weight is 313 g/mol. The predicted molar refractivity (Wildman–Crippen MR) is 80.3 cm³/mol. The smallest absolute Gasteiger partial charge is 0.382 e. The lowest BCUT2D eigenvalue weighted by Crippen LogP contribution is -2.28. The molecule has 0 spiro atoms. The van der Waals surface area contributed by atoms with Gasteiger partial charge < -0.3 is 5.32 Å². The Labute approximate surface area is 127 Å². The van der Waals surface area contributed by atoms with Crippen molar-refractivity contribution in [1.82, 2.24) is 0 Å². The highest BCUT2D eigenvalue weighted by atomic mass is 32.2. The Bertz CT molecular complexity index is 523. The van der Waals surface area contributed by atoms with E-state index in [1.54, 1.807) is 12.1 Å². The highest BCUT2D eigenvalue weighted by molar-refractivity contribution is 8.00. The molecule has 21 heavy (non-hydrogen) atoms. The predicted octanol–water partition coefficient (Wildman–Crippen LogP) is 5.31. The zero-order valence-corrected chi connectivity index (χ0v) is 12.5. The lowest BCUT2D eigenvalue weighted by atomic mass is 9.87. The maximum atomic E-state index is 12.3. The first-order chi connectivity index (χ1) is 9.90. The summed E-state index contributed by atoms with van der Waals surface area (Å²) in [4.78, 5) is 0.226. The van der Waals surface area contributed by atoms with E-state index < -0.39 is 5.51 Å². The van der Waals surface area contributed by atoms with Crippen LogP contribution in [0.4, 0.5) is 18.9 Å². The summed E-state index contributed by atoms with van der Waals surface area (Å²) in [5.41, 5.74) is -3.33. The first-order valence-corrected chi connectivity index (χ1v) is 8.03. The van der Waals surface area contributed by atoms with E-state index in [2.05, 4.69) is 24.4 Å². The van der Waals surface area contributed by atoms with Crippen LogP contribution in [0.25, 0.3) is 0 Å². The number of alkyl halides is 3. The number of fused-ring (bicyclic) bond motifs is 2. The van der Waals surface area contributed by atoms with Crippen LogP contribution < -0.4 is 5.32 Å². The number of hydrogen-bond acceptors (Lipinski definition) is 2. The van der Waals surface area contributed by atoms with Crippen LogP contribution in [0.2, 0.25) is 0 Å². The number of hydrogen-bond donors (Lipinski definition) is 1. The van der Waals surface area contributed by atoms with Gasteiger partial charge in [0, 0.05) is 16.6 Å². The third-order valence-electron chi connectivity index (χ3n) is 4.45. The molecule has 0 radical (unpaired) electrons. The van der Waals surface area contributed by atoms with Crippen LogP contribution in [-0.2, 0) is 0 Å². The summed E-state index contributed by atoms with van der Waals surface area (Å²) in [6.45, 7) is 2.16. The van der Waals surface area contributed by atoms with Gasteiger partial charge in [0.2, 0.25) is 0 Å². The van der Waals surface area contributed by atoms with Gasteiger partial charge in [0.05, 0.1) is 0 Å². The Hall–Kier alpha value is -1.10. The minimum Gasteiger partial charge on any atom is -0.382 e. The number of nitrogens with one attached hydrogen (secondary N) is 1. The molecule has 0 saturated heterocycles. The largest absolute Gasteiger partial charge is 0.446 e. The molecule has 0 aliphatic heterocycles. The first-order valence-electron chi connectivity index (χ1n) is 7.21. The van der Waals surface area contributed by atoms with Crippen LogP contribution in [0.5, 0.6) is 0 Å². The molecule has 4 atom stereocenters. The number of halogens is 3. The summed E-state index contributed by atoms with van der Waals surface area (Å²) < 4.78 is 36.9. The van der Waals surface area contributed by atoms with E-state index in [0.29, 0.717) is 17.9 Å². The van der Waals surface area contributed by atoms with Gasteiger partial charge in [0.1, 0.15) is 0 Å². The third-order valence-corrected chi connectivity index (χ3v) is 5.19. The van der Waals surface area contributed by atoms with Gasteiger partial charge in [-0.25, -0.2) is 0 Å². The van der Waals surface area contributed by atoms with Gasteiger partial charge in [-0.05, 0) is 73.5 Å². The van der Waals surface area contributed by atoms with E-state index in [0.717, 1.165) is 11.6 Å². The minimum absolute atomic E-state index is 0.0735. The highest BCUT2D eigenvalue weighted by Gasteiger charge is 2.38. The van der Waals surface area contributed by atoms with Gasteiger partial charge in [-0.1, -0.05) is 12.2 Å². The van der Waals surface area contributed by atoms with Crippen molar-refractivity contribution in [2.45, 2.75) is 36.2 Å². The molecule has 1 aromatic carbocycles. The van der Waals surface area contributed by atoms with Crippen molar-refractivity contribution in [1.29, 1.82) is 0 Å². The van der Waals surface area contributed by atoms with Gasteiger partial charge in [0.25, 0.3) is 0 Å². The highest BCUT2D eigenvalue weighted by Crippen LogP contribution is 2.45. The molecule has 0 heterocycles. The van der Waals surface area contributed by atoms with Crippen molar-refractivity contribution in [2.24, 2.45) is 17.8 Å². The van der Waals surface area contributed by atoms with Gasteiger partial charge in [-0.2, -0.15) is 13.2 Å². The van der Waals surface area contributed by atoms with E-state index in [-0.39, 0.29) is 16.7 Å². The van der Waals surface area contributed by atoms with Gasteiger partial charge >= 0.3 is 5.51 Å². The van der Waals surface area contributed by atoms with Crippen LogP contribution >= 0.6 is 11.8 Å². The van der Waals surface area contributed by atoms with Crippen molar-refractivity contribution >= 4 is 17.4 Å². The van der Waals surface area contributed by atoms with E-state index in [1.807, 2.05) is 0 Å². The summed E-state index contributed by atoms with van der Waals surface area (Å²) in [6.07, 6.45) is 7.12. The molecular weight excluding hydrogens is 295 g/mol. The summed E-state index contributed by atoms with van der Waals surface area (Å²) in [7, 11) is 0. The lowest BCUT2D eigenvalue weighted by Gasteiger charge is -2.27. The van der Waals surface area contributed by atoms with Crippen LogP contribution in [0.1, 0.15) is 19.8 Å². The van der Waals surface area contributed by atoms with Crippen molar-refractivity contribution in [2.75, 3.05) is 5.32 Å². The van der Waals surface area contributed by atoms with E-state index in [1.165, 1.54) is 25.0 Å². The molecule has 2 bridgehead atoms. The molecule has 114 valence electrons. The second kappa shape index (κ2) is 5.59. The Morgan fingerprint density at radius 3 is 2.38 bits per heavy atom. The van der Waals surface area contributed by atoms with Crippen molar-refractivity contribution in [3.8, 4) is 0 Å². The van der Waals surface area contributed by atoms with Crippen molar-refractivity contribution in [3.63, 3.8) is 0 Å². The van der Waals surface area contributed by atoms with Crippen LogP contribution in [0, 0.1) is 17.8 Å². The zero-order chi connectivity index (χ0) is 15.0. The SMILES string of the molecule is CC(Nc1ccc(SC(F)(F)F)cc1)C1CC2C=CC1C2. The summed E-state index contributed by atoms with van der Waals surface area (Å²) in [5.74, 6) is 2.02. The average Bonchev–Trinajstić information content (AvgIpc) is 3.01. The number of allylic oxidation sites excluding steroid dienone is 2. The molecule has 3 rings (SSSR count). The molecule has 5 heteroatoms. The molecule has 2 aliphatic rings. The van der Waals surface area contributed by atoms with Crippen molar-refractivity contribution in [3.05, 3.63) is 36.4 Å². The summed E-state index contributed by atoms with van der Waals surface area (Å²) in [6, 6.07) is 6.84. The maximum absolute atomic E-state index is 12.3. The number of thioether (sulfide) groups is 1. The maximum Gasteiger partial charge on any atom is 0.446 e. The molecule has 4 unspecified atom stereocenters. The fourth-order valence-electron chi connectivity index (χ4n) is 3.52. The lowest BCUT2D eigenvalue weighted by molar-refractivity contribution is -0.0328. The number of benzene rings is 1. The monoisotopic (exact) mass is 313 g/mol. The molecule has 2 aliphatic carbocycles. The standard InChI is InChI=1S/C16H18F3NS/c1-10(15-9-11-2-3-12(15)8-11)20-13-4-6-14(7-5-13)21-16(17,18)19/h2-7,10-12,15,20H,8-9H2,1H3. The van der Waals surface area contributed by atoms with Gasteiger partial charge in [-0.3, -0.25) is 0 Å². The van der Waals surface area contributed by atoms with Crippen LogP contribution in [-0.4, -0.2) is 11.6 Å². The number of anilines is 1. The second-order valence-electron chi connectivity index (χ2n) is 5.95. The fraction of sp³-hybridized carbons (Fsp3) is 0.500. The minimum atomic E-state index is -4.22. The third kappa shape index (κ3) is 3.57. The molecule has 1 fully saturated rings. The van der Waals surface area contributed by atoms with E-state index in [4.69, 9.17) is 0 Å². The molecular formula is C16H18F3NS. The molecule has 1 aromatic rings. The topological polar surface area (TPSA) is 12.0 Å². The Kier molecular flexibility index (Phi) is 3.95. The summed E-state index contributed by atoms with van der Waals surface area (Å²) in [5, 5.41) is 3.43. The Morgan fingerprint density at radius 2 is 1.86 bits per heavy atom. The number of rotatable bonds is 4. The normalized spacial score (nSPS) is 28.9. The van der Waals surface area contributed by atoms with Crippen LogP contribution in [0.15, 0.2) is 41.3 Å². The molecule has 1 saturated carbocycles. The molecule has 0 amide bonds. The second-order valence-corrected chi connectivity index (χ2v) is 7.09. The Morgan fingerprint density at radius 1 is 1.14 bits per heavy atom. The Balaban J connectivity index is 1.59. The van der Waals surface area contributed by atoms with Crippen molar-refractivity contribution < 1.29 is 13.2 Å². The molecule has 1 N–H and O–H groups in total. The van der Waals surface area contributed by atoms with E-state index in [9.17, 15) is 13.2 Å². The zero-order valence-electron chi connectivity index (χ0n) is 11.7. The fourth-order valence-corrected chi connectivity index (χ4v) is 4.06. The van der Waals surface area contributed by atoms with E-state index >= 15 is 0 Å². The first kappa shape index (κ1) is 14.8. The molecule has 1 nitrogen and oxygen atoms in total. The molecule has 0 aromatic heterocycles. The quantitative estimate of drug-likeness (QED) is 0.597. The van der Waals surface area contributed by atoms with Gasteiger partial charge in [0.15, 0.2) is 0 Å². The summed E-state index contributed by atoms with van der Waals surface area (Å²) >= 11 is -0.0735. The van der Waals surface area contributed by atoms with Crippen LogP contribution in [0.3, 0.4) is 0 Å². The van der Waals surface area contributed by atoms with Gasteiger partial charge in [-0.15, -0.1) is 0 Å².